The van der Waals surface area contributed by atoms with E-state index in [1.54, 1.807) is 53.4 Å². The number of amides is 1. The van der Waals surface area contributed by atoms with Crippen LogP contribution in [-0.4, -0.2) is 30.3 Å². The van der Waals surface area contributed by atoms with Crippen molar-refractivity contribution in [2.75, 3.05) is 11.4 Å². The van der Waals surface area contributed by atoms with Crippen molar-refractivity contribution in [1.82, 2.24) is 0 Å². The molecule has 0 unspecified atom stereocenters. The Hall–Kier alpha value is -3.64. The molecule has 2 atom stereocenters. The van der Waals surface area contributed by atoms with Crippen LogP contribution in [0.3, 0.4) is 0 Å². The maximum Gasteiger partial charge on any atom is 0.312 e. The molecule has 37 heavy (non-hydrogen) atoms. The van der Waals surface area contributed by atoms with Crippen molar-refractivity contribution in [3.05, 3.63) is 88.9 Å². The van der Waals surface area contributed by atoms with Crippen molar-refractivity contribution in [1.29, 1.82) is 0 Å². The van der Waals surface area contributed by atoms with Crippen molar-refractivity contribution in [2.45, 2.75) is 45.6 Å². The predicted octanol–water partition coefficient (Wildman–Crippen LogP) is 6.60. The fourth-order valence-corrected chi connectivity index (χ4v) is 4.27. The molecular formula is C30H30ClNO5. The van der Waals surface area contributed by atoms with Crippen molar-refractivity contribution >= 4 is 34.9 Å². The smallest absolute Gasteiger partial charge is 0.312 e. The number of carbonyl (C=O) groups excluding carboxylic acids is 3. The molecule has 1 aliphatic rings. The molecule has 0 aliphatic carbocycles. The molecule has 0 aromatic heterocycles. The Morgan fingerprint density at radius 2 is 1.49 bits per heavy atom. The minimum Gasteiger partial charge on any atom is -0.457 e. The van der Waals surface area contributed by atoms with Gasteiger partial charge in [0.1, 0.15) is 11.5 Å². The fourth-order valence-electron chi connectivity index (χ4n) is 4.14. The standard InChI is InChI=1S/C30H30ClNO5/c1-19(28(34)20-5-9-23(31)10-6-20)36-29(35)21-17-27(33)32(18-21)24-11-15-26(16-12-24)37-25-13-7-22(8-14-25)30(2,3)4/h5-16,19,21H,17-18H2,1-4H3/t19-,21-/m0/s1. The van der Waals surface area contributed by atoms with E-state index in [1.807, 2.05) is 12.1 Å². The van der Waals surface area contributed by atoms with Gasteiger partial charge in [0.2, 0.25) is 11.7 Å². The van der Waals surface area contributed by atoms with Crippen LogP contribution in [0.2, 0.25) is 5.02 Å². The first-order valence-electron chi connectivity index (χ1n) is 12.2. The van der Waals surface area contributed by atoms with Crippen molar-refractivity contribution < 1.29 is 23.9 Å². The number of hydrogen-bond donors (Lipinski definition) is 0. The Morgan fingerprint density at radius 1 is 0.919 bits per heavy atom. The molecule has 3 aromatic carbocycles. The Kier molecular flexibility index (Phi) is 7.69. The molecule has 1 aliphatic heterocycles. The number of carbonyl (C=O) groups is 3. The first-order valence-corrected chi connectivity index (χ1v) is 12.6. The largest absolute Gasteiger partial charge is 0.457 e. The molecule has 6 nitrogen and oxygen atoms in total. The summed E-state index contributed by atoms with van der Waals surface area (Å²) in [7, 11) is 0. The van der Waals surface area contributed by atoms with Crippen LogP contribution in [0.5, 0.6) is 11.5 Å². The summed E-state index contributed by atoms with van der Waals surface area (Å²) in [5.41, 5.74) is 2.36. The van der Waals surface area contributed by atoms with Crippen LogP contribution < -0.4 is 9.64 Å². The fraction of sp³-hybridized carbons (Fsp3) is 0.300. The molecule has 1 heterocycles. The van der Waals surface area contributed by atoms with E-state index in [0.717, 1.165) is 5.75 Å². The van der Waals surface area contributed by atoms with Gasteiger partial charge < -0.3 is 14.4 Å². The lowest BCUT2D eigenvalue weighted by Gasteiger charge is -2.19. The minimum atomic E-state index is -0.966. The second-order valence-electron chi connectivity index (χ2n) is 10.2. The van der Waals surface area contributed by atoms with Crippen LogP contribution in [0.15, 0.2) is 72.8 Å². The van der Waals surface area contributed by atoms with Gasteiger partial charge in [0, 0.05) is 29.2 Å². The van der Waals surface area contributed by atoms with E-state index in [2.05, 4.69) is 32.9 Å². The van der Waals surface area contributed by atoms with E-state index in [-0.39, 0.29) is 30.1 Å². The Morgan fingerprint density at radius 3 is 2.05 bits per heavy atom. The second kappa shape index (κ2) is 10.8. The highest BCUT2D eigenvalue weighted by Crippen LogP contribution is 2.30. The van der Waals surface area contributed by atoms with Crippen LogP contribution in [0, 0.1) is 5.92 Å². The number of esters is 1. The Labute approximate surface area is 222 Å². The molecule has 7 heteroatoms. The summed E-state index contributed by atoms with van der Waals surface area (Å²) in [6.45, 7) is 8.19. The number of hydrogen-bond acceptors (Lipinski definition) is 5. The van der Waals surface area contributed by atoms with Gasteiger partial charge in [0.25, 0.3) is 0 Å². The third kappa shape index (κ3) is 6.38. The third-order valence-corrected chi connectivity index (χ3v) is 6.61. The van der Waals surface area contributed by atoms with Gasteiger partial charge >= 0.3 is 5.97 Å². The van der Waals surface area contributed by atoms with Gasteiger partial charge in [-0.1, -0.05) is 44.5 Å². The monoisotopic (exact) mass is 519 g/mol. The zero-order valence-electron chi connectivity index (χ0n) is 21.4. The molecule has 192 valence electrons. The third-order valence-electron chi connectivity index (χ3n) is 6.35. The average molecular weight is 520 g/mol. The Balaban J connectivity index is 1.34. The van der Waals surface area contributed by atoms with Gasteiger partial charge in [-0.05, 0) is 78.6 Å². The molecule has 0 N–H and O–H groups in total. The number of benzene rings is 3. The normalized spacial score (nSPS) is 16.4. The summed E-state index contributed by atoms with van der Waals surface area (Å²) in [5, 5.41) is 0.514. The van der Waals surface area contributed by atoms with E-state index in [1.165, 1.54) is 12.5 Å². The van der Waals surface area contributed by atoms with E-state index in [4.69, 9.17) is 21.1 Å². The quantitative estimate of drug-likeness (QED) is 0.260. The van der Waals surface area contributed by atoms with Gasteiger partial charge in [0.15, 0.2) is 6.10 Å². The van der Waals surface area contributed by atoms with Gasteiger partial charge in [-0.2, -0.15) is 0 Å². The number of halogens is 1. The summed E-state index contributed by atoms with van der Waals surface area (Å²) in [5.74, 6) is -0.345. The van der Waals surface area contributed by atoms with Crippen LogP contribution in [0.25, 0.3) is 0 Å². The molecule has 0 saturated carbocycles. The zero-order chi connectivity index (χ0) is 26.7. The van der Waals surface area contributed by atoms with E-state index in [9.17, 15) is 14.4 Å². The lowest BCUT2D eigenvalue weighted by Crippen LogP contribution is -2.30. The number of ether oxygens (including phenoxy) is 2. The van der Waals surface area contributed by atoms with Crippen molar-refractivity contribution in [3.63, 3.8) is 0 Å². The van der Waals surface area contributed by atoms with E-state index < -0.39 is 18.0 Å². The molecule has 3 aromatic rings. The van der Waals surface area contributed by atoms with E-state index in [0.29, 0.717) is 22.0 Å². The maximum absolute atomic E-state index is 12.7. The topological polar surface area (TPSA) is 72.9 Å². The SMILES string of the molecule is C[C@H](OC(=O)[C@H]1CC(=O)N(c2ccc(Oc3ccc(C(C)(C)C)cc3)cc2)C1)C(=O)c1ccc(Cl)cc1. The summed E-state index contributed by atoms with van der Waals surface area (Å²) < 4.78 is 11.3. The number of Topliss-reactive ketones (excluding diaryl/α,β-unsaturated/α-hetero) is 1. The number of nitrogens with zero attached hydrogens (tertiary/aromatic N) is 1. The lowest BCUT2D eigenvalue weighted by atomic mass is 9.87. The van der Waals surface area contributed by atoms with Crippen LogP contribution in [0.4, 0.5) is 5.69 Å². The van der Waals surface area contributed by atoms with Crippen molar-refractivity contribution in [2.24, 2.45) is 5.92 Å². The van der Waals surface area contributed by atoms with Gasteiger partial charge in [0.05, 0.1) is 5.92 Å². The Bertz CT molecular complexity index is 1280. The average Bonchev–Trinajstić information content (AvgIpc) is 3.26. The number of ketones is 1. The van der Waals surface area contributed by atoms with Gasteiger partial charge in [-0.15, -0.1) is 0 Å². The molecule has 0 bridgehead atoms. The van der Waals surface area contributed by atoms with Crippen molar-refractivity contribution in [3.8, 4) is 11.5 Å². The highest BCUT2D eigenvalue weighted by molar-refractivity contribution is 6.30. The minimum absolute atomic E-state index is 0.0269. The summed E-state index contributed by atoms with van der Waals surface area (Å²) in [6.07, 6.45) is -0.939. The molecular weight excluding hydrogens is 490 g/mol. The lowest BCUT2D eigenvalue weighted by molar-refractivity contribution is -0.151. The van der Waals surface area contributed by atoms with Crippen LogP contribution in [-0.2, 0) is 19.7 Å². The molecule has 4 rings (SSSR count). The summed E-state index contributed by atoms with van der Waals surface area (Å²) >= 11 is 5.87. The van der Waals surface area contributed by atoms with Crippen LogP contribution in [0.1, 0.15) is 50.0 Å². The van der Waals surface area contributed by atoms with Gasteiger partial charge in [-0.25, -0.2) is 0 Å². The first-order chi connectivity index (χ1) is 17.5. The summed E-state index contributed by atoms with van der Waals surface area (Å²) in [4.78, 5) is 39.5. The number of rotatable bonds is 7. The van der Waals surface area contributed by atoms with E-state index >= 15 is 0 Å². The van der Waals surface area contributed by atoms with Crippen LogP contribution >= 0.6 is 11.6 Å². The molecule has 0 radical (unpaired) electrons. The predicted molar refractivity (Wildman–Crippen MR) is 143 cm³/mol. The highest BCUT2D eigenvalue weighted by Gasteiger charge is 2.37. The zero-order valence-corrected chi connectivity index (χ0v) is 22.1. The maximum atomic E-state index is 12.7. The second-order valence-corrected chi connectivity index (χ2v) is 10.7. The molecule has 0 spiro atoms. The number of anilines is 1. The van der Waals surface area contributed by atoms with Gasteiger partial charge in [-0.3, -0.25) is 14.4 Å². The molecule has 1 fully saturated rings. The molecule has 1 saturated heterocycles. The highest BCUT2D eigenvalue weighted by atomic mass is 35.5. The first kappa shape index (κ1) is 26.4. The summed E-state index contributed by atoms with van der Waals surface area (Å²) in [6, 6.07) is 21.5. The molecule has 1 amide bonds.